The van der Waals surface area contributed by atoms with Crippen LogP contribution in [0.5, 0.6) is 0 Å². The van der Waals surface area contributed by atoms with E-state index in [2.05, 4.69) is 26.8 Å². The summed E-state index contributed by atoms with van der Waals surface area (Å²) in [6.45, 7) is 7.45. The van der Waals surface area contributed by atoms with Crippen LogP contribution >= 0.6 is 0 Å². The molecule has 1 heterocycles. The maximum absolute atomic E-state index is 6.04. The molecule has 0 aromatic rings. The standard InChI is InChI=1S/C11H21NO/c1-11(2,3)8-9(12)10-6-4-5-7-13-10/h6,9H,4-5,7-8,12H2,1-3H3. The zero-order chi connectivity index (χ0) is 9.90. The molecule has 0 spiro atoms. The Balaban J connectivity index is 2.47. The maximum atomic E-state index is 6.04. The molecule has 0 radical (unpaired) electrons. The van der Waals surface area contributed by atoms with Crippen LogP contribution < -0.4 is 5.73 Å². The van der Waals surface area contributed by atoms with Crippen molar-refractivity contribution in [1.82, 2.24) is 0 Å². The van der Waals surface area contributed by atoms with Gasteiger partial charge in [-0.1, -0.05) is 20.8 Å². The Morgan fingerprint density at radius 2 is 2.23 bits per heavy atom. The molecule has 0 aromatic carbocycles. The van der Waals surface area contributed by atoms with Crippen molar-refractivity contribution in [1.29, 1.82) is 0 Å². The lowest BCUT2D eigenvalue weighted by atomic mass is 9.87. The number of hydrogen-bond acceptors (Lipinski definition) is 2. The highest BCUT2D eigenvalue weighted by atomic mass is 16.5. The molecular weight excluding hydrogens is 162 g/mol. The molecule has 1 unspecified atom stereocenters. The van der Waals surface area contributed by atoms with Crippen LogP contribution in [0.4, 0.5) is 0 Å². The van der Waals surface area contributed by atoms with Gasteiger partial charge in [0.1, 0.15) is 5.76 Å². The molecule has 1 aliphatic heterocycles. The predicted octanol–water partition coefficient (Wildman–Crippen LogP) is 2.44. The molecule has 0 amide bonds. The molecule has 0 aromatic heterocycles. The fourth-order valence-electron chi connectivity index (χ4n) is 1.60. The van der Waals surface area contributed by atoms with Crippen molar-refractivity contribution >= 4 is 0 Å². The fraction of sp³-hybridized carbons (Fsp3) is 0.818. The van der Waals surface area contributed by atoms with Crippen LogP contribution in [0.25, 0.3) is 0 Å². The molecular formula is C11H21NO. The van der Waals surface area contributed by atoms with Crippen molar-refractivity contribution in [3.63, 3.8) is 0 Å². The first-order valence-electron chi connectivity index (χ1n) is 5.07. The molecule has 0 saturated heterocycles. The molecule has 0 bridgehead atoms. The molecule has 13 heavy (non-hydrogen) atoms. The largest absolute Gasteiger partial charge is 0.497 e. The van der Waals surface area contributed by atoms with Gasteiger partial charge in [-0.3, -0.25) is 0 Å². The van der Waals surface area contributed by atoms with Crippen molar-refractivity contribution in [2.75, 3.05) is 6.61 Å². The van der Waals surface area contributed by atoms with Gasteiger partial charge in [-0.2, -0.15) is 0 Å². The summed E-state index contributed by atoms with van der Waals surface area (Å²) >= 11 is 0. The Kier molecular flexibility index (Phi) is 3.37. The first-order chi connectivity index (χ1) is 5.99. The van der Waals surface area contributed by atoms with Gasteiger partial charge in [0, 0.05) is 0 Å². The molecule has 1 atom stereocenters. The van der Waals surface area contributed by atoms with Crippen LogP contribution in [0.1, 0.15) is 40.0 Å². The fourth-order valence-corrected chi connectivity index (χ4v) is 1.60. The normalized spacial score (nSPS) is 20.5. The molecule has 0 saturated carbocycles. The van der Waals surface area contributed by atoms with Crippen molar-refractivity contribution in [2.45, 2.75) is 46.1 Å². The average molecular weight is 183 g/mol. The molecule has 2 heteroatoms. The van der Waals surface area contributed by atoms with E-state index in [0.29, 0.717) is 0 Å². The lowest BCUT2D eigenvalue weighted by Crippen LogP contribution is -2.30. The highest BCUT2D eigenvalue weighted by Gasteiger charge is 2.20. The minimum atomic E-state index is 0.0836. The molecule has 0 aliphatic carbocycles. The zero-order valence-corrected chi connectivity index (χ0v) is 8.97. The number of rotatable bonds is 2. The molecule has 1 rings (SSSR count). The number of ether oxygens (including phenoxy) is 1. The van der Waals surface area contributed by atoms with E-state index in [1.165, 1.54) is 0 Å². The first kappa shape index (κ1) is 10.6. The Bertz CT molecular complexity index is 191. The summed E-state index contributed by atoms with van der Waals surface area (Å²) in [5, 5.41) is 0. The molecule has 2 N–H and O–H groups in total. The summed E-state index contributed by atoms with van der Waals surface area (Å²) in [4.78, 5) is 0. The first-order valence-corrected chi connectivity index (χ1v) is 5.07. The second-order valence-electron chi connectivity index (χ2n) is 4.97. The smallest absolute Gasteiger partial charge is 0.109 e. The second-order valence-corrected chi connectivity index (χ2v) is 4.97. The quantitative estimate of drug-likeness (QED) is 0.713. The predicted molar refractivity (Wildman–Crippen MR) is 55.3 cm³/mol. The van der Waals surface area contributed by atoms with Gasteiger partial charge in [0.05, 0.1) is 12.6 Å². The SMILES string of the molecule is CC(C)(C)CC(N)C1=CCCCO1. The van der Waals surface area contributed by atoms with E-state index in [4.69, 9.17) is 10.5 Å². The van der Waals surface area contributed by atoms with Gasteiger partial charge in [0.2, 0.25) is 0 Å². The summed E-state index contributed by atoms with van der Waals surface area (Å²) in [5.74, 6) is 1.00. The van der Waals surface area contributed by atoms with Crippen molar-refractivity contribution in [3.05, 3.63) is 11.8 Å². The van der Waals surface area contributed by atoms with Gasteiger partial charge >= 0.3 is 0 Å². The van der Waals surface area contributed by atoms with Crippen LogP contribution in [-0.4, -0.2) is 12.6 Å². The lowest BCUT2D eigenvalue weighted by Gasteiger charge is -2.26. The topological polar surface area (TPSA) is 35.2 Å². The van der Waals surface area contributed by atoms with E-state index < -0.39 is 0 Å². The highest BCUT2D eigenvalue weighted by molar-refractivity contribution is 5.05. The lowest BCUT2D eigenvalue weighted by molar-refractivity contribution is 0.163. The van der Waals surface area contributed by atoms with Gasteiger partial charge in [-0.05, 0) is 30.8 Å². The van der Waals surface area contributed by atoms with Gasteiger partial charge in [-0.25, -0.2) is 0 Å². The number of allylic oxidation sites excluding steroid dienone is 1. The van der Waals surface area contributed by atoms with E-state index in [0.717, 1.165) is 31.6 Å². The Morgan fingerprint density at radius 3 is 2.69 bits per heavy atom. The summed E-state index contributed by atoms with van der Waals surface area (Å²) in [6.07, 6.45) is 5.37. The number of hydrogen-bond donors (Lipinski definition) is 1. The summed E-state index contributed by atoms with van der Waals surface area (Å²) in [5.41, 5.74) is 6.32. The van der Waals surface area contributed by atoms with Gasteiger partial charge in [0.15, 0.2) is 0 Å². The zero-order valence-electron chi connectivity index (χ0n) is 8.97. The Hall–Kier alpha value is -0.500. The third-order valence-electron chi connectivity index (χ3n) is 2.16. The van der Waals surface area contributed by atoms with Gasteiger partial charge in [-0.15, -0.1) is 0 Å². The van der Waals surface area contributed by atoms with Crippen molar-refractivity contribution < 1.29 is 4.74 Å². The van der Waals surface area contributed by atoms with Crippen molar-refractivity contribution in [2.24, 2.45) is 11.1 Å². The van der Waals surface area contributed by atoms with Crippen LogP contribution in [0, 0.1) is 5.41 Å². The molecule has 0 fully saturated rings. The average Bonchev–Trinajstić information content (AvgIpc) is 2.03. The van der Waals surface area contributed by atoms with Gasteiger partial charge < -0.3 is 10.5 Å². The molecule has 1 aliphatic rings. The summed E-state index contributed by atoms with van der Waals surface area (Å²) in [6, 6.07) is 0.0836. The summed E-state index contributed by atoms with van der Waals surface area (Å²) in [7, 11) is 0. The van der Waals surface area contributed by atoms with E-state index >= 15 is 0 Å². The minimum Gasteiger partial charge on any atom is -0.497 e. The Labute approximate surface area is 81.1 Å². The second kappa shape index (κ2) is 4.14. The van der Waals surface area contributed by atoms with E-state index in [1.54, 1.807) is 0 Å². The van der Waals surface area contributed by atoms with Crippen molar-refractivity contribution in [3.8, 4) is 0 Å². The summed E-state index contributed by atoms with van der Waals surface area (Å²) < 4.78 is 5.52. The third kappa shape index (κ3) is 3.81. The third-order valence-corrected chi connectivity index (χ3v) is 2.16. The van der Waals surface area contributed by atoms with E-state index in [9.17, 15) is 0 Å². The molecule has 76 valence electrons. The van der Waals surface area contributed by atoms with Crippen LogP contribution in [0.2, 0.25) is 0 Å². The minimum absolute atomic E-state index is 0.0836. The van der Waals surface area contributed by atoms with Crippen LogP contribution in [0.15, 0.2) is 11.8 Å². The van der Waals surface area contributed by atoms with E-state index in [-0.39, 0.29) is 11.5 Å². The monoisotopic (exact) mass is 183 g/mol. The van der Waals surface area contributed by atoms with Crippen LogP contribution in [0.3, 0.4) is 0 Å². The van der Waals surface area contributed by atoms with Crippen LogP contribution in [-0.2, 0) is 4.74 Å². The van der Waals surface area contributed by atoms with E-state index in [1.807, 2.05) is 0 Å². The van der Waals surface area contributed by atoms with Gasteiger partial charge in [0.25, 0.3) is 0 Å². The Morgan fingerprint density at radius 1 is 1.54 bits per heavy atom. The maximum Gasteiger partial charge on any atom is 0.109 e. The highest BCUT2D eigenvalue weighted by Crippen LogP contribution is 2.24. The molecule has 2 nitrogen and oxygen atoms in total. The number of nitrogens with two attached hydrogens (primary N) is 1.